The fourth-order valence-electron chi connectivity index (χ4n) is 1.79. The molecule has 0 aromatic heterocycles. The van der Waals surface area contributed by atoms with Crippen LogP contribution in [-0.2, 0) is 16.0 Å². The van der Waals surface area contributed by atoms with E-state index in [0.717, 1.165) is 5.56 Å². The number of carbonyl (C=O) groups is 2. The third-order valence-electron chi connectivity index (χ3n) is 2.49. The van der Waals surface area contributed by atoms with Crippen LogP contribution in [0.4, 0.5) is 4.79 Å². The Morgan fingerprint density at radius 2 is 1.85 bits per heavy atom. The third-order valence-corrected chi connectivity index (χ3v) is 2.49. The van der Waals surface area contributed by atoms with Crippen molar-refractivity contribution < 1.29 is 14.3 Å². The van der Waals surface area contributed by atoms with E-state index in [1.165, 1.54) is 0 Å². The highest BCUT2D eigenvalue weighted by Gasteiger charge is 2.20. The number of ether oxygens (including phenoxy) is 1. The highest BCUT2D eigenvalue weighted by atomic mass is 16.6. The zero-order chi connectivity index (χ0) is 15.2. The second kappa shape index (κ2) is 6.93. The second-order valence-electron chi connectivity index (χ2n) is 5.70. The molecule has 0 fully saturated rings. The van der Waals surface area contributed by atoms with Crippen molar-refractivity contribution in [3.05, 3.63) is 35.9 Å². The van der Waals surface area contributed by atoms with Crippen molar-refractivity contribution in [2.45, 2.75) is 45.3 Å². The van der Waals surface area contributed by atoms with Gasteiger partial charge in [0.05, 0.1) is 0 Å². The summed E-state index contributed by atoms with van der Waals surface area (Å²) in [6.45, 7) is 5.35. The molecule has 3 N–H and O–H groups in total. The van der Waals surface area contributed by atoms with Crippen LogP contribution in [0.15, 0.2) is 30.3 Å². The van der Waals surface area contributed by atoms with Crippen molar-refractivity contribution in [1.29, 1.82) is 0 Å². The Hall–Kier alpha value is -2.04. The lowest BCUT2D eigenvalue weighted by molar-refractivity contribution is -0.118. The van der Waals surface area contributed by atoms with Crippen LogP contribution < -0.4 is 11.1 Å². The predicted octanol–water partition coefficient (Wildman–Crippen LogP) is 2.00. The van der Waals surface area contributed by atoms with Crippen LogP contribution in [0.1, 0.15) is 32.8 Å². The van der Waals surface area contributed by atoms with Gasteiger partial charge in [0.25, 0.3) is 0 Å². The molecule has 0 bridgehead atoms. The molecule has 0 aliphatic carbocycles. The molecule has 1 aromatic carbocycles. The van der Waals surface area contributed by atoms with Crippen molar-refractivity contribution in [2.75, 3.05) is 0 Å². The SMILES string of the molecule is CC(C)(C)OC(=O)N[C@@H](CC(N)=O)Cc1ccccc1. The van der Waals surface area contributed by atoms with Gasteiger partial charge in [-0.15, -0.1) is 0 Å². The Bertz CT molecular complexity index is 452. The topological polar surface area (TPSA) is 81.4 Å². The lowest BCUT2D eigenvalue weighted by Crippen LogP contribution is -2.42. The molecule has 0 aliphatic rings. The summed E-state index contributed by atoms with van der Waals surface area (Å²) in [5, 5.41) is 2.69. The number of alkyl carbamates (subject to hydrolysis) is 1. The Balaban J connectivity index is 2.65. The van der Waals surface area contributed by atoms with Crippen LogP contribution in [-0.4, -0.2) is 23.6 Å². The summed E-state index contributed by atoms with van der Waals surface area (Å²) in [4.78, 5) is 22.9. The Morgan fingerprint density at radius 3 is 2.35 bits per heavy atom. The summed E-state index contributed by atoms with van der Waals surface area (Å²) >= 11 is 0. The average molecular weight is 278 g/mol. The van der Waals surface area contributed by atoms with E-state index in [-0.39, 0.29) is 12.5 Å². The largest absolute Gasteiger partial charge is 0.444 e. The lowest BCUT2D eigenvalue weighted by atomic mass is 10.0. The molecule has 1 rings (SSSR count). The number of nitrogens with two attached hydrogens (primary N) is 1. The van der Waals surface area contributed by atoms with E-state index in [0.29, 0.717) is 6.42 Å². The fourth-order valence-corrected chi connectivity index (χ4v) is 1.79. The number of amides is 2. The molecule has 0 aliphatic heterocycles. The minimum atomic E-state index is -0.575. The predicted molar refractivity (Wildman–Crippen MR) is 77.1 cm³/mol. The molecule has 5 nitrogen and oxygen atoms in total. The Kier molecular flexibility index (Phi) is 5.55. The molecule has 0 saturated heterocycles. The van der Waals surface area contributed by atoms with Gasteiger partial charge in [-0.2, -0.15) is 0 Å². The van der Waals surface area contributed by atoms with E-state index < -0.39 is 17.6 Å². The summed E-state index contributed by atoms with van der Waals surface area (Å²) in [7, 11) is 0. The van der Waals surface area contributed by atoms with Crippen LogP contribution >= 0.6 is 0 Å². The molecule has 20 heavy (non-hydrogen) atoms. The molecule has 0 saturated carbocycles. The molecule has 0 spiro atoms. The second-order valence-corrected chi connectivity index (χ2v) is 5.70. The molecule has 0 heterocycles. The lowest BCUT2D eigenvalue weighted by Gasteiger charge is -2.23. The maximum Gasteiger partial charge on any atom is 0.407 e. The molecule has 0 unspecified atom stereocenters. The first kappa shape index (κ1) is 16.0. The van der Waals surface area contributed by atoms with Gasteiger partial charge in [-0.05, 0) is 32.8 Å². The third kappa shape index (κ3) is 6.78. The van der Waals surface area contributed by atoms with Gasteiger partial charge in [-0.1, -0.05) is 30.3 Å². The summed E-state index contributed by atoms with van der Waals surface area (Å²) in [5.41, 5.74) is 5.67. The van der Waals surface area contributed by atoms with Crippen LogP contribution in [0.5, 0.6) is 0 Å². The van der Waals surface area contributed by atoms with Crippen LogP contribution in [0.2, 0.25) is 0 Å². The highest BCUT2D eigenvalue weighted by molar-refractivity contribution is 5.76. The monoisotopic (exact) mass is 278 g/mol. The molecule has 0 radical (unpaired) electrons. The minimum Gasteiger partial charge on any atom is -0.444 e. The van der Waals surface area contributed by atoms with E-state index in [1.807, 2.05) is 30.3 Å². The molecule has 5 heteroatoms. The van der Waals surface area contributed by atoms with Crippen LogP contribution in [0, 0.1) is 0 Å². The number of primary amides is 1. The van der Waals surface area contributed by atoms with Crippen LogP contribution in [0.3, 0.4) is 0 Å². The van der Waals surface area contributed by atoms with Crippen LogP contribution in [0.25, 0.3) is 0 Å². The van der Waals surface area contributed by atoms with Crippen molar-refractivity contribution >= 4 is 12.0 Å². The van der Waals surface area contributed by atoms with Gasteiger partial charge in [0, 0.05) is 12.5 Å². The quantitative estimate of drug-likeness (QED) is 0.864. The molecule has 1 aromatic rings. The summed E-state index contributed by atoms with van der Waals surface area (Å²) in [6, 6.07) is 9.22. The summed E-state index contributed by atoms with van der Waals surface area (Å²) in [6.07, 6.45) is 0.0663. The number of carbonyl (C=O) groups excluding carboxylic acids is 2. The van der Waals surface area contributed by atoms with Gasteiger partial charge >= 0.3 is 6.09 Å². The first-order valence-electron chi connectivity index (χ1n) is 6.58. The van der Waals surface area contributed by atoms with Gasteiger partial charge < -0.3 is 15.8 Å². The number of hydrogen-bond donors (Lipinski definition) is 2. The van der Waals surface area contributed by atoms with Crippen molar-refractivity contribution in [3.63, 3.8) is 0 Å². The van der Waals surface area contributed by atoms with E-state index in [4.69, 9.17) is 10.5 Å². The molecule has 2 amide bonds. The normalized spacial score (nSPS) is 12.6. The Morgan fingerprint density at radius 1 is 1.25 bits per heavy atom. The standard InChI is InChI=1S/C15H22N2O3/c1-15(2,3)20-14(19)17-12(10-13(16)18)9-11-7-5-4-6-8-11/h4-8,12H,9-10H2,1-3H3,(H2,16,18)(H,17,19)/t12-/m1/s1. The molecule has 110 valence electrons. The first-order chi connectivity index (χ1) is 9.26. The van der Waals surface area contributed by atoms with Gasteiger partial charge in [-0.25, -0.2) is 4.79 Å². The molecular formula is C15H22N2O3. The van der Waals surface area contributed by atoms with E-state index in [2.05, 4.69) is 5.32 Å². The Labute approximate surface area is 119 Å². The van der Waals surface area contributed by atoms with Gasteiger partial charge in [0.15, 0.2) is 0 Å². The number of hydrogen-bond acceptors (Lipinski definition) is 3. The maximum atomic E-state index is 11.8. The zero-order valence-corrected chi connectivity index (χ0v) is 12.2. The minimum absolute atomic E-state index is 0.0775. The first-order valence-corrected chi connectivity index (χ1v) is 6.58. The van der Waals surface area contributed by atoms with Crippen molar-refractivity contribution in [2.24, 2.45) is 5.73 Å². The number of rotatable bonds is 5. The molecular weight excluding hydrogens is 256 g/mol. The summed E-state index contributed by atoms with van der Waals surface area (Å²) < 4.78 is 5.19. The maximum absolute atomic E-state index is 11.8. The smallest absolute Gasteiger partial charge is 0.407 e. The fraction of sp³-hybridized carbons (Fsp3) is 0.467. The molecule has 1 atom stereocenters. The number of nitrogens with one attached hydrogen (secondary N) is 1. The summed E-state index contributed by atoms with van der Waals surface area (Å²) in [5.74, 6) is -0.456. The van der Waals surface area contributed by atoms with Gasteiger partial charge in [0.2, 0.25) is 5.91 Å². The van der Waals surface area contributed by atoms with E-state index in [1.54, 1.807) is 20.8 Å². The van der Waals surface area contributed by atoms with Gasteiger partial charge in [0.1, 0.15) is 5.60 Å². The van der Waals surface area contributed by atoms with Crippen molar-refractivity contribution in [3.8, 4) is 0 Å². The highest BCUT2D eigenvalue weighted by Crippen LogP contribution is 2.09. The van der Waals surface area contributed by atoms with E-state index >= 15 is 0 Å². The zero-order valence-electron chi connectivity index (χ0n) is 12.2. The van der Waals surface area contributed by atoms with E-state index in [9.17, 15) is 9.59 Å². The number of benzene rings is 1. The van der Waals surface area contributed by atoms with Gasteiger partial charge in [-0.3, -0.25) is 4.79 Å². The van der Waals surface area contributed by atoms with Crippen molar-refractivity contribution in [1.82, 2.24) is 5.32 Å². The average Bonchev–Trinajstić information content (AvgIpc) is 2.26.